The number of benzene rings is 2. The minimum Gasteiger partial charge on any atom is -0.497 e. The number of carbonyl (C=O) groups excluding carboxylic acids is 2. The van der Waals surface area contributed by atoms with Gasteiger partial charge in [0.05, 0.1) is 26.5 Å². The van der Waals surface area contributed by atoms with E-state index < -0.39 is 0 Å². The van der Waals surface area contributed by atoms with Gasteiger partial charge >= 0.3 is 0 Å². The fourth-order valence-corrected chi connectivity index (χ4v) is 3.26. The summed E-state index contributed by atoms with van der Waals surface area (Å²) in [6, 6.07) is 20.2. The van der Waals surface area contributed by atoms with Gasteiger partial charge in [0.1, 0.15) is 18.1 Å². The summed E-state index contributed by atoms with van der Waals surface area (Å²) in [6.45, 7) is 1.28. The van der Waals surface area contributed by atoms with Gasteiger partial charge in [-0.2, -0.15) is 0 Å². The minimum absolute atomic E-state index is 0.0677. The lowest BCUT2D eigenvalue weighted by Gasteiger charge is -2.27. The molecular weight excluding hydrogens is 408 g/mol. The molecule has 2 aromatic carbocycles. The predicted octanol–water partition coefficient (Wildman–Crippen LogP) is 3.61. The van der Waals surface area contributed by atoms with Crippen LogP contribution in [0.4, 0.5) is 0 Å². The molecule has 168 valence electrons. The molecule has 0 aliphatic carbocycles. The Morgan fingerprint density at radius 3 is 2.25 bits per heavy atom. The Labute approximate surface area is 188 Å². The molecule has 3 rings (SSSR count). The third kappa shape index (κ3) is 6.46. The van der Waals surface area contributed by atoms with Gasteiger partial charge in [0.15, 0.2) is 0 Å². The molecule has 0 N–H and O–H groups in total. The second-order valence-electron chi connectivity index (χ2n) is 7.26. The Kier molecular flexibility index (Phi) is 8.45. The molecule has 0 bridgehead atoms. The first kappa shape index (κ1) is 23.1. The summed E-state index contributed by atoms with van der Waals surface area (Å²) in [5.74, 6) is 0.923. The summed E-state index contributed by atoms with van der Waals surface area (Å²) in [6.07, 6.45) is 1.58. The lowest BCUT2D eigenvalue weighted by molar-refractivity contribution is -0.133. The highest BCUT2D eigenvalue weighted by Crippen LogP contribution is 2.15. The van der Waals surface area contributed by atoms with Crippen LogP contribution in [0.1, 0.15) is 21.7 Å². The molecule has 0 spiro atoms. The Bertz CT molecular complexity index is 971. The molecule has 7 heteroatoms. The Morgan fingerprint density at radius 1 is 0.875 bits per heavy atom. The summed E-state index contributed by atoms with van der Waals surface area (Å²) >= 11 is 0. The number of furan rings is 1. The van der Waals surface area contributed by atoms with E-state index in [0.29, 0.717) is 43.3 Å². The molecule has 2 amide bonds. The van der Waals surface area contributed by atoms with Crippen LogP contribution in [0.25, 0.3) is 0 Å². The third-order valence-electron chi connectivity index (χ3n) is 5.01. The Morgan fingerprint density at radius 2 is 1.62 bits per heavy atom. The van der Waals surface area contributed by atoms with Crippen LogP contribution in [-0.4, -0.2) is 55.5 Å². The maximum atomic E-state index is 13.3. The molecule has 0 aliphatic heterocycles. The van der Waals surface area contributed by atoms with E-state index >= 15 is 0 Å². The van der Waals surface area contributed by atoms with Crippen molar-refractivity contribution in [2.45, 2.75) is 13.1 Å². The van der Waals surface area contributed by atoms with Crippen molar-refractivity contribution >= 4 is 11.8 Å². The second-order valence-corrected chi connectivity index (χ2v) is 7.26. The van der Waals surface area contributed by atoms with Crippen molar-refractivity contribution in [1.29, 1.82) is 0 Å². The lowest BCUT2D eigenvalue weighted by Crippen LogP contribution is -2.43. The molecule has 0 aliphatic rings. The van der Waals surface area contributed by atoms with Gasteiger partial charge in [-0.15, -0.1) is 0 Å². The summed E-state index contributed by atoms with van der Waals surface area (Å²) in [7, 11) is 3.14. The van der Waals surface area contributed by atoms with Crippen LogP contribution >= 0.6 is 0 Å². The van der Waals surface area contributed by atoms with Crippen LogP contribution in [0.3, 0.4) is 0 Å². The smallest absolute Gasteiger partial charge is 0.254 e. The predicted molar refractivity (Wildman–Crippen MR) is 120 cm³/mol. The summed E-state index contributed by atoms with van der Waals surface area (Å²) in [5.41, 5.74) is 1.48. The van der Waals surface area contributed by atoms with Crippen molar-refractivity contribution in [3.8, 4) is 5.75 Å². The van der Waals surface area contributed by atoms with Gasteiger partial charge in [-0.25, -0.2) is 0 Å². The normalized spacial score (nSPS) is 10.6. The number of amides is 2. The highest BCUT2D eigenvalue weighted by Gasteiger charge is 2.23. The maximum Gasteiger partial charge on any atom is 0.254 e. The van der Waals surface area contributed by atoms with Crippen molar-refractivity contribution in [1.82, 2.24) is 9.80 Å². The van der Waals surface area contributed by atoms with E-state index in [1.807, 2.05) is 36.4 Å². The van der Waals surface area contributed by atoms with Crippen LogP contribution in [0, 0.1) is 0 Å². The molecule has 7 nitrogen and oxygen atoms in total. The Hall–Kier alpha value is -3.58. The summed E-state index contributed by atoms with van der Waals surface area (Å²) in [4.78, 5) is 29.6. The fraction of sp³-hybridized carbons (Fsp3) is 0.280. The molecule has 0 atom stereocenters. The molecule has 32 heavy (non-hydrogen) atoms. The summed E-state index contributed by atoms with van der Waals surface area (Å²) < 4.78 is 15.8. The number of rotatable bonds is 11. The largest absolute Gasteiger partial charge is 0.497 e. The SMILES string of the molecule is COCCN(CC(=O)N(Cc1ccccc1)Cc1ccco1)C(=O)c1ccc(OC)cc1. The van der Waals surface area contributed by atoms with E-state index in [4.69, 9.17) is 13.9 Å². The molecule has 0 saturated heterocycles. The van der Waals surface area contributed by atoms with Crippen molar-refractivity contribution in [3.05, 3.63) is 89.9 Å². The zero-order valence-electron chi connectivity index (χ0n) is 18.4. The van der Waals surface area contributed by atoms with Crippen LogP contribution in [0.5, 0.6) is 5.75 Å². The molecule has 0 radical (unpaired) electrons. The van der Waals surface area contributed by atoms with Gasteiger partial charge in [0.2, 0.25) is 5.91 Å². The zero-order valence-corrected chi connectivity index (χ0v) is 18.4. The van der Waals surface area contributed by atoms with E-state index in [0.717, 1.165) is 5.56 Å². The zero-order chi connectivity index (χ0) is 22.8. The van der Waals surface area contributed by atoms with Crippen molar-refractivity contribution in [2.75, 3.05) is 33.9 Å². The van der Waals surface area contributed by atoms with Gasteiger partial charge < -0.3 is 23.7 Å². The van der Waals surface area contributed by atoms with E-state index in [9.17, 15) is 9.59 Å². The standard InChI is InChI=1S/C25H28N2O5/c1-30-16-14-26(25(29)21-10-12-22(31-2)13-11-21)19-24(28)27(18-23-9-6-15-32-23)17-20-7-4-3-5-8-20/h3-13,15H,14,16-19H2,1-2H3. The van der Waals surface area contributed by atoms with Gasteiger partial charge in [0, 0.05) is 25.8 Å². The number of hydrogen-bond acceptors (Lipinski definition) is 5. The van der Waals surface area contributed by atoms with E-state index in [1.165, 1.54) is 4.90 Å². The van der Waals surface area contributed by atoms with E-state index in [-0.39, 0.29) is 18.4 Å². The van der Waals surface area contributed by atoms with Gasteiger partial charge in [-0.1, -0.05) is 30.3 Å². The van der Waals surface area contributed by atoms with Crippen molar-refractivity contribution in [3.63, 3.8) is 0 Å². The van der Waals surface area contributed by atoms with Gasteiger partial charge in [-0.05, 0) is 42.0 Å². The number of hydrogen-bond donors (Lipinski definition) is 0. The topological polar surface area (TPSA) is 72.2 Å². The van der Waals surface area contributed by atoms with Gasteiger partial charge in [-0.3, -0.25) is 9.59 Å². The lowest BCUT2D eigenvalue weighted by atomic mass is 10.1. The molecule has 0 unspecified atom stereocenters. The van der Waals surface area contributed by atoms with Crippen LogP contribution in [-0.2, 0) is 22.6 Å². The molecule has 0 fully saturated rings. The van der Waals surface area contributed by atoms with Crippen LogP contribution < -0.4 is 4.74 Å². The number of ether oxygens (including phenoxy) is 2. The summed E-state index contributed by atoms with van der Waals surface area (Å²) in [5, 5.41) is 0. The van der Waals surface area contributed by atoms with E-state index in [2.05, 4.69) is 0 Å². The van der Waals surface area contributed by atoms with Gasteiger partial charge in [0.25, 0.3) is 5.91 Å². The molecular formula is C25H28N2O5. The average molecular weight is 437 g/mol. The average Bonchev–Trinajstić information content (AvgIpc) is 3.34. The highest BCUT2D eigenvalue weighted by atomic mass is 16.5. The first-order valence-corrected chi connectivity index (χ1v) is 10.4. The molecule has 1 heterocycles. The van der Waals surface area contributed by atoms with Crippen LogP contribution in [0.2, 0.25) is 0 Å². The first-order chi connectivity index (χ1) is 15.6. The fourth-order valence-electron chi connectivity index (χ4n) is 3.26. The van der Waals surface area contributed by atoms with Crippen molar-refractivity contribution < 1.29 is 23.5 Å². The van der Waals surface area contributed by atoms with Crippen LogP contribution in [0.15, 0.2) is 77.4 Å². The first-order valence-electron chi connectivity index (χ1n) is 10.4. The van der Waals surface area contributed by atoms with Crippen molar-refractivity contribution in [2.24, 2.45) is 0 Å². The molecule has 0 saturated carbocycles. The van der Waals surface area contributed by atoms with E-state index in [1.54, 1.807) is 55.7 Å². The Balaban J connectivity index is 1.77. The monoisotopic (exact) mass is 436 g/mol. The molecule has 1 aromatic heterocycles. The highest BCUT2D eigenvalue weighted by molar-refractivity contribution is 5.96. The second kappa shape index (κ2) is 11.7. The third-order valence-corrected chi connectivity index (χ3v) is 5.01. The maximum absolute atomic E-state index is 13.3. The number of carbonyl (C=O) groups is 2. The number of nitrogens with zero attached hydrogens (tertiary/aromatic N) is 2. The minimum atomic E-state index is -0.240. The molecule has 3 aromatic rings. The number of methoxy groups -OCH3 is 2. The quantitative estimate of drug-likeness (QED) is 0.459.